The summed E-state index contributed by atoms with van der Waals surface area (Å²) >= 11 is 0. The topological polar surface area (TPSA) is 50.1 Å². The van der Waals surface area contributed by atoms with Crippen LogP contribution in [0.5, 0.6) is 0 Å². The van der Waals surface area contributed by atoms with Crippen molar-refractivity contribution in [3.63, 3.8) is 0 Å². The number of nitrogens with zero attached hydrogens (tertiary/aromatic N) is 1. The number of ether oxygens (including phenoxy) is 1. The van der Waals surface area contributed by atoms with E-state index < -0.39 is 22.3 Å². The van der Waals surface area contributed by atoms with Crippen LogP contribution >= 0.6 is 0 Å². The first kappa shape index (κ1) is 36.9. The van der Waals surface area contributed by atoms with Crippen LogP contribution in [-0.4, -0.2) is 5.97 Å². The van der Waals surface area contributed by atoms with Crippen LogP contribution in [0.1, 0.15) is 110 Å². The molecule has 0 heterocycles. The lowest BCUT2D eigenvalue weighted by molar-refractivity contribution is -0.172. The molecule has 0 radical (unpaired) electrons. The van der Waals surface area contributed by atoms with E-state index in [9.17, 15) is 10.1 Å². The zero-order chi connectivity index (χ0) is 36.2. The van der Waals surface area contributed by atoms with Gasteiger partial charge in [0, 0.05) is 11.8 Å². The largest absolute Gasteiger partial charge is 0.457 e. The van der Waals surface area contributed by atoms with Gasteiger partial charge in [0.1, 0.15) is 6.10 Å². The van der Waals surface area contributed by atoms with Crippen molar-refractivity contribution in [2.24, 2.45) is 22.2 Å². The minimum Gasteiger partial charge on any atom is -0.457 e. The van der Waals surface area contributed by atoms with Gasteiger partial charge in [-0.1, -0.05) is 145 Å². The average Bonchev–Trinajstić information content (AvgIpc) is 3.11. The summed E-state index contributed by atoms with van der Waals surface area (Å²) in [6, 6.07) is 43.3. The fraction of sp³-hybridized carbons (Fsp3) is 0.404. The second kappa shape index (κ2) is 14.8. The molecular weight excluding hydrogens is 611 g/mol. The minimum atomic E-state index is -0.904. The summed E-state index contributed by atoms with van der Waals surface area (Å²) in [6.45, 7) is 17.7. The van der Waals surface area contributed by atoms with Gasteiger partial charge in [-0.05, 0) is 106 Å². The van der Waals surface area contributed by atoms with Crippen LogP contribution < -0.4 is 0 Å². The number of benzene rings is 5. The highest BCUT2D eigenvalue weighted by Gasteiger charge is 2.57. The van der Waals surface area contributed by atoms with Gasteiger partial charge >= 0.3 is 5.97 Å². The number of fused-ring (bicyclic) bond motifs is 2. The number of hydrogen-bond donors (Lipinski definition) is 0. The van der Waals surface area contributed by atoms with E-state index >= 15 is 0 Å². The Bertz CT molecular complexity index is 1910. The molecule has 0 N–H and O–H groups in total. The number of rotatable bonds is 14. The first-order valence-electron chi connectivity index (χ1n) is 18.4. The predicted octanol–water partition coefficient (Wildman–Crippen LogP) is 12.8. The molecule has 50 heavy (non-hydrogen) atoms. The van der Waals surface area contributed by atoms with Crippen molar-refractivity contribution < 1.29 is 9.53 Å². The molecule has 5 rings (SSSR count). The third-order valence-electron chi connectivity index (χ3n) is 12.1. The Morgan fingerprint density at radius 1 is 0.700 bits per heavy atom. The molecule has 3 heteroatoms. The summed E-state index contributed by atoms with van der Waals surface area (Å²) in [7, 11) is 0. The monoisotopic (exact) mass is 665 g/mol. The molecule has 0 fully saturated rings. The maximum atomic E-state index is 14.9. The van der Waals surface area contributed by atoms with Gasteiger partial charge < -0.3 is 4.74 Å². The van der Waals surface area contributed by atoms with E-state index in [1.807, 2.05) is 6.92 Å². The van der Waals surface area contributed by atoms with E-state index in [-0.39, 0.29) is 11.4 Å². The second-order valence-electron chi connectivity index (χ2n) is 16.1. The molecule has 5 aromatic rings. The van der Waals surface area contributed by atoms with Crippen molar-refractivity contribution in [1.82, 2.24) is 0 Å². The van der Waals surface area contributed by atoms with Crippen LogP contribution in [0, 0.1) is 33.5 Å². The summed E-state index contributed by atoms with van der Waals surface area (Å²) in [6.07, 6.45) is 3.10. The number of nitriles is 1. The van der Waals surface area contributed by atoms with E-state index in [1.54, 1.807) is 0 Å². The first-order chi connectivity index (χ1) is 23.8. The van der Waals surface area contributed by atoms with Crippen LogP contribution in [0.15, 0.2) is 115 Å². The lowest BCUT2D eigenvalue weighted by Crippen LogP contribution is -2.52. The van der Waals surface area contributed by atoms with Crippen molar-refractivity contribution in [1.29, 1.82) is 5.26 Å². The maximum Gasteiger partial charge on any atom is 0.312 e. The van der Waals surface area contributed by atoms with Crippen molar-refractivity contribution >= 4 is 27.5 Å². The summed E-state index contributed by atoms with van der Waals surface area (Å²) in [5.41, 5.74) is 1.29. The summed E-state index contributed by atoms with van der Waals surface area (Å²) in [4.78, 5) is 14.9. The van der Waals surface area contributed by atoms with Gasteiger partial charge in [0.2, 0.25) is 0 Å². The third kappa shape index (κ3) is 7.09. The van der Waals surface area contributed by atoms with Gasteiger partial charge in [-0.2, -0.15) is 5.26 Å². The smallest absolute Gasteiger partial charge is 0.312 e. The zero-order valence-corrected chi connectivity index (χ0v) is 31.4. The zero-order valence-electron chi connectivity index (χ0n) is 31.4. The van der Waals surface area contributed by atoms with E-state index in [0.717, 1.165) is 29.2 Å². The predicted molar refractivity (Wildman–Crippen MR) is 209 cm³/mol. The lowest BCUT2D eigenvalue weighted by atomic mass is 9.48. The third-order valence-corrected chi connectivity index (χ3v) is 12.1. The molecule has 0 saturated carbocycles. The van der Waals surface area contributed by atoms with Crippen LogP contribution in [0.2, 0.25) is 0 Å². The van der Waals surface area contributed by atoms with E-state index in [4.69, 9.17) is 4.74 Å². The van der Waals surface area contributed by atoms with E-state index in [0.29, 0.717) is 25.2 Å². The number of esters is 1. The minimum absolute atomic E-state index is 0.210. The highest BCUT2D eigenvalue weighted by molar-refractivity contribution is 5.98. The normalized spacial score (nSPS) is 14.9. The molecule has 0 aliphatic rings. The van der Waals surface area contributed by atoms with Crippen molar-refractivity contribution in [2.75, 3.05) is 0 Å². The van der Waals surface area contributed by atoms with E-state index in [1.165, 1.54) is 21.9 Å². The van der Waals surface area contributed by atoms with Gasteiger partial charge in [0.15, 0.2) is 0 Å². The van der Waals surface area contributed by atoms with Crippen LogP contribution in [0.3, 0.4) is 0 Å². The Hall–Kier alpha value is -4.42. The number of hydrogen-bond acceptors (Lipinski definition) is 3. The van der Waals surface area contributed by atoms with Gasteiger partial charge in [-0.15, -0.1) is 0 Å². The highest BCUT2D eigenvalue weighted by Crippen LogP contribution is 2.59. The quantitative estimate of drug-likeness (QED) is 0.0876. The van der Waals surface area contributed by atoms with E-state index in [2.05, 4.69) is 170 Å². The van der Waals surface area contributed by atoms with Crippen LogP contribution in [-0.2, 0) is 14.9 Å². The Kier molecular flexibility index (Phi) is 10.9. The Balaban J connectivity index is 1.58. The molecule has 0 bridgehead atoms. The number of carbonyl (C=O) groups excluding carboxylic acids is 1. The highest BCUT2D eigenvalue weighted by atomic mass is 16.5. The Labute approximate surface area is 300 Å². The van der Waals surface area contributed by atoms with Crippen molar-refractivity contribution in [2.45, 2.75) is 99.0 Å². The van der Waals surface area contributed by atoms with Crippen molar-refractivity contribution in [3.05, 3.63) is 132 Å². The average molecular weight is 666 g/mol. The molecule has 0 aromatic heterocycles. The summed E-state index contributed by atoms with van der Waals surface area (Å²) in [5, 5.41) is 14.4. The summed E-state index contributed by atoms with van der Waals surface area (Å²) in [5.74, 6) is 0.239. The number of carbonyl (C=O) groups is 1. The Morgan fingerprint density at radius 3 is 1.76 bits per heavy atom. The molecule has 0 amide bonds. The molecule has 3 unspecified atom stereocenters. The fourth-order valence-electron chi connectivity index (χ4n) is 8.41. The van der Waals surface area contributed by atoms with Crippen LogP contribution in [0.25, 0.3) is 21.5 Å². The molecule has 0 aliphatic carbocycles. The molecule has 0 aliphatic heterocycles. The standard InChI is InChI=1S/C47H55NO2/c1-9-34(2)32-47(41-21-12-10-13-22-41,42-23-14-11-15-24-42)45(6,7)33-46(8,44(4,5)27-18-28-48)43(49)50-35(3)36-25-26-39-30-37-19-16-17-20-38(37)31-40(39)29-36/h10-17,19-26,29-31,34-35H,9,18,27,32-33H2,1-8H3. The molecule has 0 spiro atoms. The second-order valence-corrected chi connectivity index (χ2v) is 16.1. The first-order valence-corrected chi connectivity index (χ1v) is 18.4. The maximum absolute atomic E-state index is 14.9. The van der Waals surface area contributed by atoms with Gasteiger partial charge in [0.05, 0.1) is 11.5 Å². The molecule has 3 atom stereocenters. The molecule has 5 aromatic carbocycles. The molecule has 3 nitrogen and oxygen atoms in total. The van der Waals surface area contributed by atoms with Crippen molar-refractivity contribution in [3.8, 4) is 6.07 Å². The molecule has 0 saturated heterocycles. The van der Waals surface area contributed by atoms with Gasteiger partial charge in [-0.3, -0.25) is 4.79 Å². The molecule has 260 valence electrons. The lowest BCUT2D eigenvalue weighted by Gasteiger charge is -2.55. The van der Waals surface area contributed by atoms with Crippen LogP contribution in [0.4, 0.5) is 0 Å². The fourth-order valence-corrected chi connectivity index (χ4v) is 8.41. The summed E-state index contributed by atoms with van der Waals surface area (Å²) < 4.78 is 6.55. The Morgan fingerprint density at radius 2 is 1.22 bits per heavy atom. The van der Waals surface area contributed by atoms with Gasteiger partial charge in [0.25, 0.3) is 0 Å². The molecular formula is C47H55NO2. The van der Waals surface area contributed by atoms with Gasteiger partial charge in [-0.25, -0.2) is 0 Å². The SMILES string of the molecule is CCC(C)CC(c1ccccc1)(c1ccccc1)C(C)(C)CC(C)(C(=O)OC(C)c1ccc2cc3ccccc3cc2c1)C(C)(C)CCC#N.